The van der Waals surface area contributed by atoms with E-state index < -0.39 is 17.7 Å². The number of nitrogens with zero attached hydrogens (tertiary/aromatic N) is 4. The number of benzene rings is 2. The maximum atomic E-state index is 13.5. The Kier molecular flexibility index (Phi) is 10.1. The quantitative estimate of drug-likeness (QED) is 0.451. The Morgan fingerprint density at radius 1 is 1.00 bits per heavy atom. The van der Waals surface area contributed by atoms with E-state index in [1.54, 1.807) is 11.0 Å². The largest absolute Gasteiger partial charge is 0.416 e. The van der Waals surface area contributed by atoms with E-state index in [1.165, 1.54) is 6.07 Å². The van der Waals surface area contributed by atoms with Gasteiger partial charge in [-0.25, -0.2) is 4.79 Å². The van der Waals surface area contributed by atoms with Gasteiger partial charge >= 0.3 is 12.2 Å². The predicted molar refractivity (Wildman–Crippen MR) is 161 cm³/mol. The summed E-state index contributed by atoms with van der Waals surface area (Å²) in [4.78, 5) is 47.6. The topological polar surface area (TPSA) is 88.2 Å². The number of fused-ring (bicyclic) bond motifs is 1. The Hall–Kier alpha value is -3.64. The highest BCUT2D eigenvalue weighted by Gasteiger charge is 2.34. The highest BCUT2D eigenvalue weighted by Crippen LogP contribution is 2.31. The maximum Gasteiger partial charge on any atom is 0.416 e. The number of para-hydroxylation sites is 1. The molecule has 0 aliphatic carbocycles. The van der Waals surface area contributed by atoms with Crippen LogP contribution in [0, 0.1) is 5.92 Å². The van der Waals surface area contributed by atoms with Crippen LogP contribution >= 0.6 is 0 Å². The Morgan fingerprint density at radius 3 is 2.45 bits per heavy atom. The second-order valence-corrected chi connectivity index (χ2v) is 12.1. The summed E-state index contributed by atoms with van der Waals surface area (Å²) >= 11 is 0. The summed E-state index contributed by atoms with van der Waals surface area (Å²) in [6.45, 7) is 6.18. The van der Waals surface area contributed by atoms with E-state index >= 15 is 0 Å². The molecule has 2 aromatic carbocycles. The van der Waals surface area contributed by atoms with E-state index in [2.05, 4.69) is 27.5 Å². The number of piperazine rings is 1. The number of likely N-dealkylation sites (N-methyl/N-ethyl adjacent to an activating group) is 1. The lowest BCUT2D eigenvalue weighted by Crippen LogP contribution is -2.51. The van der Waals surface area contributed by atoms with Crippen molar-refractivity contribution in [2.75, 3.05) is 64.7 Å². The van der Waals surface area contributed by atoms with Gasteiger partial charge in [0.2, 0.25) is 11.8 Å². The van der Waals surface area contributed by atoms with Gasteiger partial charge in [0.25, 0.3) is 0 Å². The fourth-order valence-electron chi connectivity index (χ4n) is 6.25. The van der Waals surface area contributed by atoms with E-state index in [-0.39, 0.29) is 36.7 Å². The van der Waals surface area contributed by atoms with Crippen molar-refractivity contribution in [1.82, 2.24) is 24.9 Å². The summed E-state index contributed by atoms with van der Waals surface area (Å²) in [6.07, 6.45) is -3.35. The minimum absolute atomic E-state index is 0.0221. The van der Waals surface area contributed by atoms with E-state index in [0.717, 1.165) is 49.6 Å². The Morgan fingerprint density at radius 2 is 1.73 bits per heavy atom. The first kappa shape index (κ1) is 31.8. The monoisotopic (exact) mass is 614 g/mol. The number of nitrogens with one attached hydrogen (secondary N) is 2. The number of hydrogen-bond donors (Lipinski definition) is 2. The SMILES string of the molecule is CN1CCN(CCNC(=O)[C@@H](CC(=O)N2CCC(N3Cc4ccccc4NC3=O)CC2)Cc2cccc(C(F)(F)F)c2)CC1. The molecule has 238 valence electrons. The van der Waals surface area contributed by atoms with Gasteiger partial charge in [-0.1, -0.05) is 36.4 Å². The van der Waals surface area contributed by atoms with E-state index in [9.17, 15) is 27.6 Å². The number of urea groups is 1. The van der Waals surface area contributed by atoms with Crippen molar-refractivity contribution in [3.8, 4) is 0 Å². The van der Waals surface area contributed by atoms with Crippen LogP contribution < -0.4 is 10.6 Å². The molecule has 9 nitrogen and oxygen atoms in total. The van der Waals surface area contributed by atoms with Crippen LogP contribution in [0.15, 0.2) is 48.5 Å². The second-order valence-electron chi connectivity index (χ2n) is 12.1. The lowest BCUT2D eigenvalue weighted by Gasteiger charge is -2.40. The molecular weight excluding hydrogens is 573 g/mol. The maximum absolute atomic E-state index is 13.5. The summed E-state index contributed by atoms with van der Waals surface area (Å²) in [5, 5.41) is 5.88. The van der Waals surface area contributed by atoms with Crippen molar-refractivity contribution in [1.29, 1.82) is 0 Å². The highest BCUT2D eigenvalue weighted by molar-refractivity contribution is 5.92. The molecule has 0 bridgehead atoms. The van der Waals surface area contributed by atoms with Crippen LogP contribution in [-0.2, 0) is 28.7 Å². The summed E-state index contributed by atoms with van der Waals surface area (Å²) in [6, 6.07) is 12.5. The van der Waals surface area contributed by atoms with Gasteiger partial charge in [0.1, 0.15) is 0 Å². The molecule has 0 spiro atoms. The zero-order valence-electron chi connectivity index (χ0n) is 25.1. The summed E-state index contributed by atoms with van der Waals surface area (Å²) < 4.78 is 40.1. The molecule has 5 rings (SSSR count). The molecule has 0 saturated carbocycles. The third-order valence-electron chi connectivity index (χ3n) is 8.97. The lowest BCUT2D eigenvalue weighted by molar-refractivity contribution is -0.138. The molecule has 12 heteroatoms. The number of piperidine rings is 1. The average molecular weight is 615 g/mol. The van der Waals surface area contributed by atoms with Crippen LogP contribution in [0.3, 0.4) is 0 Å². The third-order valence-corrected chi connectivity index (χ3v) is 8.97. The number of rotatable bonds is 9. The first-order valence-electron chi connectivity index (χ1n) is 15.3. The molecular formula is C32H41F3N6O3. The van der Waals surface area contributed by atoms with Gasteiger partial charge in [-0.2, -0.15) is 13.2 Å². The van der Waals surface area contributed by atoms with Crippen LogP contribution in [0.25, 0.3) is 0 Å². The molecule has 0 radical (unpaired) electrons. The Balaban J connectivity index is 1.19. The molecule has 1 atom stereocenters. The molecule has 4 amide bonds. The highest BCUT2D eigenvalue weighted by atomic mass is 19.4. The van der Waals surface area contributed by atoms with E-state index in [1.807, 2.05) is 29.2 Å². The van der Waals surface area contributed by atoms with E-state index in [4.69, 9.17) is 0 Å². The number of anilines is 1. The summed E-state index contributed by atoms with van der Waals surface area (Å²) in [5.41, 5.74) is 1.45. The summed E-state index contributed by atoms with van der Waals surface area (Å²) in [5.74, 6) is -1.34. The van der Waals surface area contributed by atoms with Crippen molar-refractivity contribution in [2.45, 2.75) is 44.4 Å². The normalized spacial score (nSPS) is 19.3. The molecule has 2 N–H and O–H groups in total. The number of hydrogen-bond acceptors (Lipinski definition) is 5. The van der Waals surface area contributed by atoms with Crippen LogP contribution in [-0.4, -0.2) is 103 Å². The molecule has 2 saturated heterocycles. The van der Waals surface area contributed by atoms with Crippen LogP contribution in [0.5, 0.6) is 0 Å². The zero-order chi connectivity index (χ0) is 31.3. The fourth-order valence-corrected chi connectivity index (χ4v) is 6.25. The molecule has 44 heavy (non-hydrogen) atoms. The smallest absolute Gasteiger partial charge is 0.355 e. The first-order chi connectivity index (χ1) is 21.1. The number of carbonyl (C=O) groups is 3. The minimum Gasteiger partial charge on any atom is -0.355 e. The minimum atomic E-state index is -4.50. The van der Waals surface area contributed by atoms with Crippen molar-refractivity contribution >= 4 is 23.5 Å². The Bertz CT molecular complexity index is 1320. The number of alkyl halides is 3. The van der Waals surface area contributed by atoms with Gasteiger partial charge in [-0.15, -0.1) is 0 Å². The molecule has 0 aromatic heterocycles. The predicted octanol–water partition coefficient (Wildman–Crippen LogP) is 3.66. The number of likely N-dealkylation sites (tertiary alicyclic amines) is 1. The standard InChI is InChI=1S/C32H41F3N6O3/c1-38-15-17-39(18-16-38)14-11-36-30(43)25(19-23-5-4-7-26(20-23)32(33,34)35)21-29(42)40-12-9-27(10-13-40)41-22-24-6-2-3-8-28(24)37-31(41)44/h2-8,20,25,27H,9-19,21-22H2,1H3,(H,36,43)(H,37,44)/t25-/m1/s1. The van der Waals surface area contributed by atoms with Crippen molar-refractivity contribution < 1.29 is 27.6 Å². The first-order valence-corrected chi connectivity index (χ1v) is 15.3. The molecule has 3 heterocycles. The van der Waals surface area contributed by atoms with Gasteiger partial charge in [-0.3, -0.25) is 14.5 Å². The number of halogens is 3. The van der Waals surface area contributed by atoms with Gasteiger partial charge in [0, 0.05) is 77.1 Å². The van der Waals surface area contributed by atoms with Gasteiger partial charge in [0.05, 0.1) is 11.5 Å². The Labute approximate surface area is 256 Å². The van der Waals surface area contributed by atoms with Gasteiger partial charge < -0.3 is 25.3 Å². The fraction of sp³-hybridized carbons (Fsp3) is 0.531. The zero-order valence-corrected chi connectivity index (χ0v) is 25.1. The lowest BCUT2D eigenvalue weighted by atomic mass is 9.93. The average Bonchev–Trinajstić information content (AvgIpc) is 3.01. The van der Waals surface area contributed by atoms with Crippen molar-refractivity contribution in [3.63, 3.8) is 0 Å². The van der Waals surface area contributed by atoms with Gasteiger partial charge in [-0.05, 0) is 49.6 Å². The number of carbonyl (C=O) groups excluding carboxylic acids is 3. The van der Waals surface area contributed by atoms with Crippen LogP contribution in [0.4, 0.5) is 23.7 Å². The van der Waals surface area contributed by atoms with Gasteiger partial charge in [0.15, 0.2) is 0 Å². The number of amides is 4. The van der Waals surface area contributed by atoms with E-state index in [0.29, 0.717) is 51.1 Å². The summed E-state index contributed by atoms with van der Waals surface area (Å²) in [7, 11) is 2.07. The van der Waals surface area contributed by atoms with Crippen LogP contribution in [0.2, 0.25) is 0 Å². The third kappa shape index (κ3) is 8.09. The molecule has 3 aliphatic rings. The molecule has 0 unspecified atom stereocenters. The van der Waals surface area contributed by atoms with Crippen molar-refractivity contribution in [2.24, 2.45) is 5.92 Å². The van der Waals surface area contributed by atoms with Crippen LogP contribution in [0.1, 0.15) is 36.0 Å². The molecule has 3 aliphatic heterocycles. The molecule has 2 fully saturated rings. The second kappa shape index (κ2) is 14.0. The molecule has 2 aromatic rings. The van der Waals surface area contributed by atoms with Crippen molar-refractivity contribution in [3.05, 3.63) is 65.2 Å².